The summed E-state index contributed by atoms with van der Waals surface area (Å²) in [5.41, 5.74) is 2.50. The minimum atomic E-state index is 1.02. The number of fused-ring (bicyclic) bond motifs is 1. The van der Waals surface area contributed by atoms with Gasteiger partial charge in [0.15, 0.2) is 0 Å². The molecule has 0 saturated heterocycles. The van der Waals surface area contributed by atoms with Crippen molar-refractivity contribution in [2.45, 2.75) is 13.3 Å². The first-order chi connectivity index (χ1) is 5.83. The third-order valence-corrected chi connectivity index (χ3v) is 2.74. The molecular formula is C9H9BrN2. The van der Waals surface area contributed by atoms with Gasteiger partial charge >= 0.3 is 0 Å². The predicted molar refractivity (Wildman–Crippen MR) is 52.3 cm³/mol. The molecular weight excluding hydrogens is 216 g/mol. The van der Waals surface area contributed by atoms with Gasteiger partial charge in [0.05, 0.1) is 18.0 Å². The van der Waals surface area contributed by atoms with Crippen molar-refractivity contribution in [3.63, 3.8) is 0 Å². The molecule has 3 heteroatoms. The standard InChI is InChI=1S/C9H9BrN2/c1-2-7-8(10)3-4-12-6-11-5-9(7)12/h3-6H,2H2,1H3. The van der Waals surface area contributed by atoms with Crippen molar-refractivity contribution in [3.8, 4) is 0 Å². The minimum absolute atomic E-state index is 1.02. The number of hydrogen-bond donors (Lipinski definition) is 0. The lowest BCUT2D eigenvalue weighted by Crippen LogP contribution is -1.89. The lowest BCUT2D eigenvalue weighted by Gasteiger charge is -2.02. The molecule has 2 aromatic rings. The van der Waals surface area contributed by atoms with E-state index in [4.69, 9.17) is 0 Å². The van der Waals surface area contributed by atoms with E-state index in [1.807, 2.05) is 29.2 Å². The van der Waals surface area contributed by atoms with Crippen LogP contribution in [0.1, 0.15) is 12.5 Å². The van der Waals surface area contributed by atoms with E-state index in [0.717, 1.165) is 10.9 Å². The Morgan fingerprint density at radius 3 is 3.17 bits per heavy atom. The van der Waals surface area contributed by atoms with Gasteiger partial charge < -0.3 is 4.40 Å². The van der Waals surface area contributed by atoms with E-state index < -0.39 is 0 Å². The first-order valence-electron chi connectivity index (χ1n) is 3.92. The molecule has 0 aliphatic rings. The zero-order valence-electron chi connectivity index (χ0n) is 6.79. The topological polar surface area (TPSA) is 17.3 Å². The number of halogens is 1. The van der Waals surface area contributed by atoms with Gasteiger partial charge in [0.2, 0.25) is 0 Å². The molecule has 62 valence electrons. The van der Waals surface area contributed by atoms with Crippen molar-refractivity contribution in [1.29, 1.82) is 0 Å². The maximum absolute atomic E-state index is 4.09. The summed E-state index contributed by atoms with van der Waals surface area (Å²) in [6.07, 6.45) is 6.74. The van der Waals surface area contributed by atoms with Gasteiger partial charge in [0.25, 0.3) is 0 Å². The van der Waals surface area contributed by atoms with Crippen LogP contribution < -0.4 is 0 Å². The van der Waals surface area contributed by atoms with Crippen molar-refractivity contribution in [1.82, 2.24) is 9.38 Å². The zero-order chi connectivity index (χ0) is 8.55. The maximum atomic E-state index is 4.09. The molecule has 2 heterocycles. The van der Waals surface area contributed by atoms with E-state index in [0.29, 0.717) is 0 Å². The van der Waals surface area contributed by atoms with Crippen molar-refractivity contribution in [2.75, 3.05) is 0 Å². The van der Waals surface area contributed by atoms with Gasteiger partial charge in [-0.2, -0.15) is 0 Å². The van der Waals surface area contributed by atoms with Crippen LogP contribution in [0.15, 0.2) is 29.3 Å². The average Bonchev–Trinajstić information content (AvgIpc) is 2.52. The molecule has 0 saturated carbocycles. The Bertz CT molecular complexity index is 406. The molecule has 2 rings (SSSR count). The first kappa shape index (κ1) is 7.80. The normalized spacial score (nSPS) is 10.8. The summed E-state index contributed by atoms with van der Waals surface area (Å²) in [5, 5.41) is 0. The van der Waals surface area contributed by atoms with Crippen LogP contribution in [-0.4, -0.2) is 9.38 Å². The molecule has 0 aliphatic heterocycles. The fourth-order valence-electron chi connectivity index (χ4n) is 1.38. The molecule has 0 unspecified atom stereocenters. The molecule has 0 amide bonds. The lowest BCUT2D eigenvalue weighted by molar-refractivity contribution is 1.08. The van der Waals surface area contributed by atoms with E-state index in [-0.39, 0.29) is 0 Å². The van der Waals surface area contributed by atoms with E-state index in [9.17, 15) is 0 Å². The number of pyridine rings is 1. The quantitative estimate of drug-likeness (QED) is 0.729. The Kier molecular flexibility index (Phi) is 1.89. The van der Waals surface area contributed by atoms with Gasteiger partial charge in [0, 0.05) is 10.7 Å². The van der Waals surface area contributed by atoms with Crippen LogP contribution >= 0.6 is 15.9 Å². The fraction of sp³-hybridized carbons (Fsp3) is 0.222. The summed E-state index contributed by atoms with van der Waals surface area (Å²) in [5.74, 6) is 0. The highest BCUT2D eigenvalue weighted by molar-refractivity contribution is 9.10. The van der Waals surface area contributed by atoms with E-state index in [1.54, 1.807) is 0 Å². The fourth-order valence-corrected chi connectivity index (χ4v) is 1.98. The molecule has 0 spiro atoms. The number of nitrogens with zero attached hydrogens (tertiary/aromatic N) is 2. The zero-order valence-corrected chi connectivity index (χ0v) is 8.37. The van der Waals surface area contributed by atoms with Crippen LogP contribution in [-0.2, 0) is 6.42 Å². The number of imidazole rings is 1. The summed E-state index contributed by atoms with van der Waals surface area (Å²) in [7, 11) is 0. The van der Waals surface area contributed by atoms with Gasteiger partial charge in [-0.25, -0.2) is 4.98 Å². The highest BCUT2D eigenvalue weighted by Gasteiger charge is 2.03. The molecule has 0 bridgehead atoms. The Morgan fingerprint density at radius 1 is 1.58 bits per heavy atom. The number of hydrogen-bond acceptors (Lipinski definition) is 1. The molecule has 0 radical (unpaired) electrons. The monoisotopic (exact) mass is 224 g/mol. The molecule has 0 aliphatic carbocycles. The van der Waals surface area contributed by atoms with Crippen LogP contribution in [0.2, 0.25) is 0 Å². The number of rotatable bonds is 1. The number of aryl methyl sites for hydroxylation is 1. The first-order valence-corrected chi connectivity index (χ1v) is 4.71. The second-order valence-corrected chi connectivity index (χ2v) is 3.54. The Labute approximate surface area is 79.4 Å². The SMILES string of the molecule is CCc1c(Br)ccn2cncc12. The van der Waals surface area contributed by atoms with Crippen LogP contribution in [0.4, 0.5) is 0 Å². The summed E-state index contributed by atoms with van der Waals surface area (Å²) >= 11 is 3.52. The summed E-state index contributed by atoms with van der Waals surface area (Å²) < 4.78 is 3.20. The molecule has 0 aromatic carbocycles. The number of aromatic nitrogens is 2. The van der Waals surface area contributed by atoms with Crippen LogP contribution in [0.25, 0.3) is 5.52 Å². The van der Waals surface area contributed by atoms with Gasteiger partial charge in [-0.1, -0.05) is 22.9 Å². The molecule has 12 heavy (non-hydrogen) atoms. The Balaban J connectivity index is 2.83. The Hall–Kier alpha value is -0.830. The van der Waals surface area contributed by atoms with Crippen molar-refractivity contribution in [3.05, 3.63) is 34.8 Å². The van der Waals surface area contributed by atoms with Crippen LogP contribution in [0.3, 0.4) is 0 Å². The average molecular weight is 225 g/mol. The van der Waals surface area contributed by atoms with Crippen LogP contribution in [0.5, 0.6) is 0 Å². The summed E-state index contributed by atoms with van der Waals surface area (Å²) in [6.45, 7) is 2.15. The molecule has 0 atom stereocenters. The largest absolute Gasteiger partial charge is 0.306 e. The second kappa shape index (κ2) is 2.90. The van der Waals surface area contributed by atoms with Crippen molar-refractivity contribution in [2.24, 2.45) is 0 Å². The van der Waals surface area contributed by atoms with Crippen molar-refractivity contribution >= 4 is 21.4 Å². The summed E-state index contributed by atoms with van der Waals surface area (Å²) in [4.78, 5) is 4.09. The molecule has 0 fully saturated rings. The smallest absolute Gasteiger partial charge is 0.0992 e. The van der Waals surface area contributed by atoms with Gasteiger partial charge in [-0.05, 0) is 18.1 Å². The maximum Gasteiger partial charge on any atom is 0.0992 e. The van der Waals surface area contributed by atoms with E-state index >= 15 is 0 Å². The van der Waals surface area contributed by atoms with Gasteiger partial charge in [-0.15, -0.1) is 0 Å². The highest BCUT2D eigenvalue weighted by atomic mass is 79.9. The van der Waals surface area contributed by atoms with E-state index in [1.165, 1.54) is 11.1 Å². The van der Waals surface area contributed by atoms with Crippen molar-refractivity contribution < 1.29 is 0 Å². The third kappa shape index (κ3) is 1.05. The van der Waals surface area contributed by atoms with Gasteiger partial charge in [0.1, 0.15) is 0 Å². The molecule has 2 nitrogen and oxygen atoms in total. The molecule has 0 N–H and O–H groups in total. The second-order valence-electron chi connectivity index (χ2n) is 2.68. The predicted octanol–water partition coefficient (Wildman–Crippen LogP) is 2.66. The van der Waals surface area contributed by atoms with Crippen LogP contribution in [0, 0.1) is 0 Å². The molecule has 2 aromatic heterocycles. The van der Waals surface area contributed by atoms with Gasteiger partial charge in [-0.3, -0.25) is 0 Å². The summed E-state index contributed by atoms with van der Waals surface area (Å²) in [6, 6.07) is 2.05. The van der Waals surface area contributed by atoms with E-state index in [2.05, 4.69) is 27.8 Å². The third-order valence-electron chi connectivity index (χ3n) is 2.00. The lowest BCUT2D eigenvalue weighted by atomic mass is 10.2. The minimum Gasteiger partial charge on any atom is -0.306 e. The highest BCUT2D eigenvalue weighted by Crippen LogP contribution is 2.21. The Morgan fingerprint density at radius 2 is 2.42 bits per heavy atom.